The Morgan fingerprint density at radius 3 is 2.89 bits per heavy atom. The van der Waals surface area contributed by atoms with Gasteiger partial charge in [-0.15, -0.1) is 0 Å². The molecular formula is C13H14N4O2. The van der Waals surface area contributed by atoms with E-state index in [1.165, 1.54) is 6.33 Å². The molecule has 0 fully saturated rings. The van der Waals surface area contributed by atoms with Gasteiger partial charge < -0.3 is 14.9 Å². The van der Waals surface area contributed by atoms with Gasteiger partial charge in [-0.05, 0) is 13.0 Å². The van der Waals surface area contributed by atoms with Gasteiger partial charge in [0, 0.05) is 24.7 Å². The summed E-state index contributed by atoms with van der Waals surface area (Å²) in [4.78, 5) is 34.7. The molecule has 1 aliphatic heterocycles. The quantitative estimate of drug-likeness (QED) is 0.772. The van der Waals surface area contributed by atoms with E-state index >= 15 is 0 Å². The number of hydrogen-bond acceptors (Lipinski definition) is 4. The number of nitrogens with zero attached hydrogens (tertiary/aromatic N) is 2. The molecule has 6 heteroatoms. The Morgan fingerprint density at radius 2 is 2.11 bits per heavy atom. The highest BCUT2D eigenvalue weighted by atomic mass is 16.1. The Bertz CT molecular complexity index is 732. The maximum Gasteiger partial charge on any atom is 0.255 e. The fourth-order valence-corrected chi connectivity index (χ4v) is 2.34. The van der Waals surface area contributed by atoms with Crippen molar-refractivity contribution in [1.29, 1.82) is 0 Å². The Hall–Kier alpha value is -2.37. The minimum atomic E-state index is -0.0872. The third-order valence-corrected chi connectivity index (χ3v) is 3.44. The number of aryl methyl sites for hydroxylation is 1. The molecule has 0 saturated heterocycles. The van der Waals surface area contributed by atoms with Gasteiger partial charge in [0.2, 0.25) is 0 Å². The molecule has 1 aliphatic rings. The van der Waals surface area contributed by atoms with Crippen LogP contribution >= 0.6 is 0 Å². The van der Waals surface area contributed by atoms with E-state index in [9.17, 15) is 9.59 Å². The molecule has 0 amide bonds. The zero-order valence-electron chi connectivity index (χ0n) is 10.6. The van der Waals surface area contributed by atoms with Gasteiger partial charge in [0.25, 0.3) is 11.1 Å². The smallest absolute Gasteiger partial charge is 0.255 e. The molecule has 98 valence electrons. The van der Waals surface area contributed by atoms with Crippen LogP contribution in [0.5, 0.6) is 0 Å². The average molecular weight is 258 g/mol. The third-order valence-electron chi connectivity index (χ3n) is 3.44. The van der Waals surface area contributed by atoms with Crippen molar-refractivity contribution >= 4 is 5.69 Å². The monoisotopic (exact) mass is 258 g/mol. The summed E-state index contributed by atoms with van der Waals surface area (Å²) in [7, 11) is 0. The van der Waals surface area contributed by atoms with E-state index in [2.05, 4.69) is 19.9 Å². The third kappa shape index (κ3) is 2.05. The van der Waals surface area contributed by atoms with Crippen LogP contribution in [0.1, 0.15) is 16.8 Å². The largest absolute Gasteiger partial charge is 0.365 e. The number of aromatic amines is 2. The summed E-state index contributed by atoms with van der Waals surface area (Å²) in [6.45, 7) is 3.08. The molecule has 6 nitrogen and oxygen atoms in total. The van der Waals surface area contributed by atoms with Gasteiger partial charge in [-0.2, -0.15) is 0 Å². The fraction of sp³-hybridized carbons (Fsp3) is 0.308. The normalized spacial score (nSPS) is 14.3. The van der Waals surface area contributed by atoms with Gasteiger partial charge >= 0.3 is 0 Å². The summed E-state index contributed by atoms with van der Waals surface area (Å²) >= 11 is 0. The van der Waals surface area contributed by atoms with E-state index in [1.807, 2.05) is 6.07 Å². The van der Waals surface area contributed by atoms with Crippen LogP contribution in [-0.2, 0) is 13.0 Å². The topological polar surface area (TPSA) is 81.8 Å². The van der Waals surface area contributed by atoms with Crippen LogP contribution in [-0.4, -0.2) is 21.5 Å². The zero-order chi connectivity index (χ0) is 13.4. The summed E-state index contributed by atoms with van der Waals surface area (Å²) < 4.78 is 0. The minimum Gasteiger partial charge on any atom is -0.365 e. The van der Waals surface area contributed by atoms with E-state index < -0.39 is 0 Å². The first-order valence-electron chi connectivity index (χ1n) is 6.15. The van der Waals surface area contributed by atoms with E-state index in [4.69, 9.17) is 0 Å². The number of fused-ring (bicyclic) bond motifs is 1. The molecule has 19 heavy (non-hydrogen) atoms. The first-order chi connectivity index (χ1) is 9.15. The number of rotatable bonds is 1. The standard InChI is InChI=1S/C13H14N4O2/c1-8-4-9(5-14-12(8)18)17-3-2-11-10(6-17)13(19)16-7-15-11/h4-5,7H,2-3,6H2,1H3,(H,14,18)(H,15,16,19). The lowest BCUT2D eigenvalue weighted by molar-refractivity contribution is 0.696. The van der Waals surface area contributed by atoms with Gasteiger partial charge in [-0.25, -0.2) is 4.98 Å². The second-order valence-electron chi connectivity index (χ2n) is 4.70. The highest BCUT2D eigenvalue weighted by Crippen LogP contribution is 2.20. The van der Waals surface area contributed by atoms with Crippen molar-refractivity contribution < 1.29 is 0 Å². The summed E-state index contributed by atoms with van der Waals surface area (Å²) in [6, 6.07) is 1.84. The van der Waals surface area contributed by atoms with Crippen LogP contribution in [0.25, 0.3) is 0 Å². The summed E-state index contributed by atoms with van der Waals surface area (Å²) in [6.07, 6.45) is 3.86. The summed E-state index contributed by atoms with van der Waals surface area (Å²) in [5.41, 5.74) is 2.99. The van der Waals surface area contributed by atoms with Crippen LogP contribution in [0.2, 0.25) is 0 Å². The molecule has 0 spiro atoms. The van der Waals surface area contributed by atoms with E-state index in [0.29, 0.717) is 17.7 Å². The first-order valence-corrected chi connectivity index (χ1v) is 6.15. The molecule has 0 bridgehead atoms. The molecule has 0 aliphatic carbocycles. The molecule has 3 heterocycles. The maximum atomic E-state index is 11.8. The van der Waals surface area contributed by atoms with Crippen molar-refractivity contribution in [1.82, 2.24) is 15.0 Å². The molecule has 0 aromatic carbocycles. The Morgan fingerprint density at radius 1 is 1.26 bits per heavy atom. The van der Waals surface area contributed by atoms with Crippen LogP contribution in [0.3, 0.4) is 0 Å². The molecule has 3 rings (SSSR count). The second kappa shape index (κ2) is 4.38. The Labute approximate surface area is 109 Å². The number of H-pyrrole nitrogens is 2. The van der Waals surface area contributed by atoms with Gasteiger partial charge in [0.1, 0.15) is 0 Å². The SMILES string of the molecule is Cc1cc(N2CCc3nc[nH]c(=O)c3C2)c[nH]c1=O. The minimum absolute atomic E-state index is 0.0827. The molecule has 2 N–H and O–H groups in total. The Balaban J connectivity index is 1.97. The van der Waals surface area contributed by atoms with Gasteiger partial charge in [-0.1, -0.05) is 0 Å². The van der Waals surface area contributed by atoms with E-state index in [-0.39, 0.29) is 11.1 Å². The molecule has 2 aromatic rings. The van der Waals surface area contributed by atoms with E-state index in [0.717, 1.165) is 24.3 Å². The molecule has 0 unspecified atom stereocenters. The summed E-state index contributed by atoms with van der Waals surface area (Å²) in [5, 5.41) is 0. The van der Waals surface area contributed by atoms with Crippen LogP contribution < -0.4 is 16.0 Å². The zero-order valence-corrected chi connectivity index (χ0v) is 10.6. The molecule has 0 atom stereocenters. The van der Waals surface area contributed by atoms with E-state index in [1.54, 1.807) is 13.1 Å². The van der Waals surface area contributed by atoms with Crippen LogP contribution in [0.4, 0.5) is 5.69 Å². The van der Waals surface area contributed by atoms with Crippen molar-refractivity contribution in [2.45, 2.75) is 19.9 Å². The average Bonchev–Trinajstić information content (AvgIpc) is 2.42. The highest BCUT2D eigenvalue weighted by Gasteiger charge is 2.20. The lowest BCUT2D eigenvalue weighted by Gasteiger charge is -2.29. The highest BCUT2D eigenvalue weighted by molar-refractivity contribution is 5.48. The number of aromatic nitrogens is 3. The number of hydrogen-bond donors (Lipinski definition) is 2. The van der Waals surface area contributed by atoms with Gasteiger partial charge in [0.05, 0.1) is 29.8 Å². The maximum absolute atomic E-state index is 11.8. The van der Waals surface area contributed by atoms with Crippen molar-refractivity contribution in [3.05, 3.63) is 56.1 Å². The molecule has 0 radical (unpaired) electrons. The van der Waals surface area contributed by atoms with Crippen LogP contribution in [0.15, 0.2) is 28.2 Å². The molecular weight excluding hydrogens is 244 g/mol. The van der Waals surface area contributed by atoms with Crippen molar-refractivity contribution in [2.75, 3.05) is 11.4 Å². The second-order valence-corrected chi connectivity index (χ2v) is 4.70. The van der Waals surface area contributed by atoms with Crippen LogP contribution in [0, 0.1) is 6.92 Å². The lowest BCUT2D eigenvalue weighted by atomic mass is 10.1. The lowest BCUT2D eigenvalue weighted by Crippen LogP contribution is -2.35. The van der Waals surface area contributed by atoms with Gasteiger partial charge in [0.15, 0.2) is 0 Å². The number of anilines is 1. The van der Waals surface area contributed by atoms with Crippen molar-refractivity contribution in [2.24, 2.45) is 0 Å². The summed E-state index contributed by atoms with van der Waals surface area (Å²) in [5.74, 6) is 0. The van der Waals surface area contributed by atoms with Crippen molar-refractivity contribution in [3.63, 3.8) is 0 Å². The fourth-order valence-electron chi connectivity index (χ4n) is 2.34. The van der Waals surface area contributed by atoms with Crippen molar-refractivity contribution in [3.8, 4) is 0 Å². The predicted octanol–water partition coefficient (Wildman–Crippen LogP) is 0.329. The molecule has 0 saturated carbocycles. The predicted molar refractivity (Wildman–Crippen MR) is 71.4 cm³/mol. The first kappa shape index (κ1) is 11.7. The number of nitrogens with one attached hydrogen (secondary N) is 2. The number of pyridine rings is 1. The van der Waals surface area contributed by atoms with Gasteiger partial charge in [-0.3, -0.25) is 9.59 Å². The Kier molecular flexibility index (Phi) is 2.70. The molecule has 2 aromatic heterocycles.